The molecule has 0 spiro atoms. The zero-order chi connectivity index (χ0) is 13.5. The van der Waals surface area contributed by atoms with E-state index in [1.807, 2.05) is 19.9 Å². The molecule has 0 aliphatic carbocycles. The molecule has 0 fully saturated rings. The summed E-state index contributed by atoms with van der Waals surface area (Å²) in [4.78, 5) is 16.0. The van der Waals surface area contributed by atoms with Gasteiger partial charge in [0.1, 0.15) is 0 Å². The lowest BCUT2D eigenvalue weighted by Crippen LogP contribution is -2.28. The predicted molar refractivity (Wildman–Crippen MR) is 74.4 cm³/mol. The second kappa shape index (κ2) is 7.10. The second-order valence-electron chi connectivity index (χ2n) is 3.81. The van der Waals surface area contributed by atoms with Crippen LogP contribution in [0.1, 0.15) is 23.0 Å². The number of amides is 1. The van der Waals surface area contributed by atoms with Crippen molar-refractivity contribution in [3.63, 3.8) is 0 Å². The summed E-state index contributed by atoms with van der Waals surface area (Å²) in [5.41, 5.74) is 2.10. The third-order valence-corrected chi connectivity index (χ3v) is 3.80. The zero-order valence-electron chi connectivity index (χ0n) is 10.9. The Bertz CT molecular complexity index is 449. The summed E-state index contributed by atoms with van der Waals surface area (Å²) in [5, 5.41) is 5.71. The van der Waals surface area contributed by atoms with E-state index in [9.17, 15) is 9.00 Å². The van der Waals surface area contributed by atoms with Gasteiger partial charge in [-0.05, 0) is 13.0 Å². The Hall–Kier alpha value is -1.43. The van der Waals surface area contributed by atoms with Crippen molar-refractivity contribution in [2.75, 3.05) is 30.4 Å². The second-order valence-corrected chi connectivity index (χ2v) is 5.68. The van der Waals surface area contributed by atoms with Crippen LogP contribution in [0, 0.1) is 6.92 Å². The molecule has 1 heterocycles. The molecule has 1 atom stereocenters. The van der Waals surface area contributed by atoms with Gasteiger partial charge in [0.2, 0.25) is 0 Å². The molecule has 1 aromatic rings. The van der Waals surface area contributed by atoms with Gasteiger partial charge in [-0.2, -0.15) is 0 Å². The van der Waals surface area contributed by atoms with Crippen molar-refractivity contribution in [1.29, 1.82) is 0 Å². The molecule has 5 nitrogen and oxygen atoms in total. The molecule has 2 N–H and O–H groups in total. The molecule has 0 aliphatic rings. The van der Waals surface area contributed by atoms with E-state index in [1.54, 1.807) is 13.2 Å². The van der Waals surface area contributed by atoms with Crippen molar-refractivity contribution in [3.05, 3.63) is 23.5 Å². The minimum absolute atomic E-state index is 0.194. The molecule has 0 saturated heterocycles. The molecule has 1 aromatic heterocycles. The third-order valence-electron chi connectivity index (χ3n) is 2.49. The number of carbonyl (C=O) groups excluding carboxylic acids is 1. The Morgan fingerprint density at radius 1 is 1.50 bits per heavy atom. The van der Waals surface area contributed by atoms with Gasteiger partial charge >= 0.3 is 0 Å². The highest BCUT2D eigenvalue weighted by Crippen LogP contribution is 2.14. The summed E-state index contributed by atoms with van der Waals surface area (Å²) in [6, 6.07) is 1.82. The molecule has 18 heavy (non-hydrogen) atoms. The molecule has 0 saturated carbocycles. The number of pyridine rings is 1. The monoisotopic (exact) mass is 269 g/mol. The van der Waals surface area contributed by atoms with Gasteiger partial charge in [0.05, 0.1) is 11.3 Å². The van der Waals surface area contributed by atoms with Crippen molar-refractivity contribution in [3.8, 4) is 0 Å². The predicted octanol–water partition coefficient (Wildman–Crippen LogP) is 0.930. The van der Waals surface area contributed by atoms with E-state index in [-0.39, 0.29) is 5.91 Å². The maximum absolute atomic E-state index is 11.9. The number of anilines is 1. The number of nitrogens with one attached hydrogen (secondary N) is 2. The number of aryl methyl sites for hydroxylation is 1. The lowest BCUT2D eigenvalue weighted by Gasteiger charge is -2.09. The van der Waals surface area contributed by atoms with Gasteiger partial charge in [-0.3, -0.25) is 14.0 Å². The fourth-order valence-electron chi connectivity index (χ4n) is 1.47. The van der Waals surface area contributed by atoms with E-state index < -0.39 is 10.8 Å². The molecular formula is C12H19N3O2S. The van der Waals surface area contributed by atoms with Gasteiger partial charge in [0.15, 0.2) is 0 Å². The van der Waals surface area contributed by atoms with Crippen LogP contribution in [0.25, 0.3) is 0 Å². The Labute approximate surface area is 110 Å². The van der Waals surface area contributed by atoms with E-state index in [0.29, 0.717) is 23.6 Å². The van der Waals surface area contributed by atoms with Crippen molar-refractivity contribution >= 4 is 22.4 Å². The van der Waals surface area contributed by atoms with Gasteiger partial charge < -0.3 is 10.6 Å². The Kier molecular flexibility index (Phi) is 5.77. The average Bonchev–Trinajstić information content (AvgIpc) is 2.37. The van der Waals surface area contributed by atoms with Crippen LogP contribution in [0.2, 0.25) is 0 Å². The lowest BCUT2D eigenvalue weighted by molar-refractivity contribution is 0.0956. The molecular weight excluding hydrogens is 250 g/mol. The number of rotatable bonds is 6. The van der Waals surface area contributed by atoms with Crippen LogP contribution in [0.4, 0.5) is 5.69 Å². The van der Waals surface area contributed by atoms with Crippen molar-refractivity contribution in [2.24, 2.45) is 0 Å². The number of carbonyl (C=O) groups is 1. The Balaban J connectivity index is 2.64. The summed E-state index contributed by atoms with van der Waals surface area (Å²) in [6.07, 6.45) is 1.55. The smallest absolute Gasteiger partial charge is 0.254 e. The molecule has 6 heteroatoms. The molecule has 0 aromatic carbocycles. The van der Waals surface area contributed by atoms with Crippen molar-refractivity contribution in [1.82, 2.24) is 10.3 Å². The van der Waals surface area contributed by atoms with E-state index in [0.717, 1.165) is 11.4 Å². The molecule has 0 radical (unpaired) electrons. The van der Waals surface area contributed by atoms with E-state index in [4.69, 9.17) is 0 Å². The summed E-state index contributed by atoms with van der Waals surface area (Å²) in [6.45, 7) is 4.14. The summed E-state index contributed by atoms with van der Waals surface area (Å²) in [7, 11) is 0.905. The average molecular weight is 269 g/mol. The number of hydrogen-bond donors (Lipinski definition) is 2. The molecule has 1 amide bonds. The minimum atomic E-state index is -0.857. The van der Waals surface area contributed by atoms with Crippen LogP contribution in [0.3, 0.4) is 0 Å². The van der Waals surface area contributed by atoms with Crippen LogP contribution in [-0.4, -0.2) is 40.2 Å². The van der Waals surface area contributed by atoms with Crippen LogP contribution in [-0.2, 0) is 10.8 Å². The first kappa shape index (κ1) is 14.6. The van der Waals surface area contributed by atoms with Gasteiger partial charge in [0, 0.05) is 47.8 Å². The summed E-state index contributed by atoms with van der Waals surface area (Å²) in [5.74, 6) is 0.903. The van der Waals surface area contributed by atoms with Crippen molar-refractivity contribution < 1.29 is 9.00 Å². The van der Waals surface area contributed by atoms with Crippen LogP contribution >= 0.6 is 0 Å². The van der Waals surface area contributed by atoms with Gasteiger partial charge in [-0.1, -0.05) is 6.92 Å². The molecule has 1 rings (SSSR count). The SMILES string of the molecule is CCS(=O)CCNC(=O)c1cnc(C)cc1NC. The number of nitrogens with zero attached hydrogens (tertiary/aromatic N) is 1. The number of hydrogen-bond acceptors (Lipinski definition) is 4. The fourth-order valence-corrected chi connectivity index (χ4v) is 2.08. The van der Waals surface area contributed by atoms with Crippen LogP contribution < -0.4 is 10.6 Å². The summed E-state index contributed by atoms with van der Waals surface area (Å²) >= 11 is 0. The zero-order valence-corrected chi connectivity index (χ0v) is 11.8. The van der Waals surface area contributed by atoms with E-state index in [1.165, 1.54) is 0 Å². The number of aromatic nitrogens is 1. The molecule has 0 bridgehead atoms. The Morgan fingerprint density at radius 2 is 2.22 bits per heavy atom. The largest absolute Gasteiger partial charge is 0.387 e. The van der Waals surface area contributed by atoms with Gasteiger partial charge in [-0.25, -0.2) is 0 Å². The Morgan fingerprint density at radius 3 is 2.83 bits per heavy atom. The quantitative estimate of drug-likeness (QED) is 0.806. The van der Waals surface area contributed by atoms with Gasteiger partial charge in [0.25, 0.3) is 5.91 Å². The highest BCUT2D eigenvalue weighted by atomic mass is 32.2. The van der Waals surface area contributed by atoms with E-state index in [2.05, 4.69) is 15.6 Å². The highest BCUT2D eigenvalue weighted by molar-refractivity contribution is 7.84. The minimum Gasteiger partial charge on any atom is -0.387 e. The first-order valence-corrected chi connectivity index (χ1v) is 7.34. The normalized spacial score (nSPS) is 11.9. The first-order chi connectivity index (χ1) is 8.58. The fraction of sp³-hybridized carbons (Fsp3) is 0.500. The molecule has 0 aliphatic heterocycles. The van der Waals surface area contributed by atoms with Crippen molar-refractivity contribution in [2.45, 2.75) is 13.8 Å². The van der Waals surface area contributed by atoms with E-state index >= 15 is 0 Å². The maximum atomic E-state index is 11.9. The first-order valence-electron chi connectivity index (χ1n) is 5.86. The molecule has 1 unspecified atom stereocenters. The highest BCUT2D eigenvalue weighted by Gasteiger charge is 2.11. The van der Waals surface area contributed by atoms with Gasteiger partial charge in [-0.15, -0.1) is 0 Å². The molecule has 100 valence electrons. The topological polar surface area (TPSA) is 71.1 Å². The standard InChI is InChI=1S/C12H19N3O2S/c1-4-18(17)6-5-14-12(16)10-8-15-9(2)7-11(10)13-3/h7-8H,4-6H2,1-3H3,(H,13,15)(H,14,16). The lowest BCUT2D eigenvalue weighted by atomic mass is 10.2. The third kappa shape index (κ3) is 4.10. The van der Waals surface area contributed by atoms with Crippen LogP contribution in [0.5, 0.6) is 0 Å². The van der Waals surface area contributed by atoms with Crippen LogP contribution in [0.15, 0.2) is 12.3 Å². The maximum Gasteiger partial charge on any atom is 0.254 e. The summed E-state index contributed by atoms with van der Waals surface area (Å²) < 4.78 is 11.2.